The first-order valence-corrected chi connectivity index (χ1v) is 23.5. The van der Waals surface area contributed by atoms with Gasteiger partial charge in [-0.05, 0) is 51.4 Å². The third-order valence-electron chi connectivity index (χ3n) is 10.5. The summed E-state index contributed by atoms with van der Waals surface area (Å²) in [6, 6.07) is -0.725. The quantitative estimate of drug-likeness (QED) is 0.0262. The van der Waals surface area contributed by atoms with Gasteiger partial charge in [-0.25, -0.2) is 0 Å². The lowest BCUT2D eigenvalue weighted by atomic mass is 10.1. The van der Waals surface area contributed by atoms with E-state index in [9.17, 15) is 19.5 Å². The molecule has 8 heteroatoms. The van der Waals surface area contributed by atoms with Gasteiger partial charge in [0.05, 0.1) is 40.3 Å². The molecule has 0 aromatic carbocycles. The number of unbranched alkanes of at least 4 members (excludes halogenated alkanes) is 22. The number of esters is 2. The number of likely N-dealkylation sites (N-methyl/N-ethyl adjacent to an activating group) is 1. The number of carboxylic acid groups (broad SMARTS) is 1. The van der Waals surface area contributed by atoms with Crippen molar-refractivity contribution in [1.82, 2.24) is 0 Å². The van der Waals surface area contributed by atoms with Gasteiger partial charge in [-0.15, -0.1) is 0 Å². The minimum atomic E-state index is -1.12. The number of quaternary nitrogens is 1. The third kappa shape index (κ3) is 38.8. The molecule has 57 heavy (non-hydrogen) atoms. The van der Waals surface area contributed by atoms with E-state index in [2.05, 4.69) is 50.3 Å². The standard InChI is InChI=1S/C49H89NO7/c1-6-8-10-12-14-16-18-19-20-21-22-23-24-25-26-27-28-30-32-34-36-38-40-48(52)57-45(43-55-42-41-46(49(53)54)50(3,4)5)44-56-47(51)39-37-35-33-31-29-17-15-13-11-9-7-2/h14,16,19-20,22-23,45-46H,6-13,15,17-18,21,24-44H2,1-5H3/b16-14+,20-19+,23-22+. The summed E-state index contributed by atoms with van der Waals surface area (Å²) in [6.45, 7) is 4.63. The van der Waals surface area contributed by atoms with Crippen LogP contribution in [-0.2, 0) is 28.6 Å². The van der Waals surface area contributed by atoms with E-state index in [1.165, 1.54) is 116 Å². The Kier molecular flexibility index (Phi) is 38.6. The number of hydrogen-bond donors (Lipinski definition) is 0. The van der Waals surface area contributed by atoms with Crippen LogP contribution >= 0.6 is 0 Å². The highest BCUT2D eigenvalue weighted by Crippen LogP contribution is 2.15. The lowest BCUT2D eigenvalue weighted by molar-refractivity contribution is -0.889. The van der Waals surface area contributed by atoms with Gasteiger partial charge in [-0.3, -0.25) is 9.59 Å². The first-order valence-electron chi connectivity index (χ1n) is 23.5. The Bertz CT molecular complexity index is 1030. The highest BCUT2D eigenvalue weighted by molar-refractivity contribution is 5.70. The second-order valence-electron chi connectivity index (χ2n) is 17.0. The van der Waals surface area contributed by atoms with Crippen molar-refractivity contribution in [2.45, 2.75) is 219 Å². The van der Waals surface area contributed by atoms with Crippen LogP contribution in [0.4, 0.5) is 0 Å². The van der Waals surface area contributed by atoms with Gasteiger partial charge in [-0.2, -0.15) is 0 Å². The van der Waals surface area contributed by atoms with Gasteiger partial charge < -0.3 is 28.6 Å². The molecule has 0 aliphatic rings. The Morgan fingerprint density at radius 3 is 1.40 bits per heavy atom. The summed E-state index contributed by atoms with van der Waals surface area (Å²) < 4.78 is 17.2. The summed E-state index contributed by atoms with van der Waals surface area (Å²) >= 11 is 0. The molecule has 2 atom stereocenters. The van der Waals surface area contributed by atoms with E-state index in [4.69, 9.17) is 14.2 Å². The zero-order valence-electron chi connectivity index (χ0n) is 37.8. The van der Waals surface area contributed by atoms with Gasteiger partial charge in [0.2, 0.25) is 0 Å². The number of rotatable bonds is 42. The van der Waals surface area contributed by atoms with Gasteiger partial charge in [-0.1, -0.05) is 172 Å². The van der Waals surface area contributed by atoms with Crippen molar-refractivity contribution in [3.63, 3.8) is 0 Å². The maximum absolute atomic E-state index is 12.7. The van der Waals surface area contributed by atoms with Crippen LogP contribution in [-0.4, -0.2) is 75.5 Å². The topological polar surface area (TPSA) is 102 Å². The number of ether oxygens (including phenoxy) is 3. The maximum Gasteiger partial charge on any atom is 0.306 e. The van der Waals surface area contributed by atoms with Gasteiger partial charge in [0.15, 0.2) is 6.10 Å². The number of nitrogens with zero attached hydrogens (tertiary/aromatic N) is 1. The van der Waals surface area contributed by atoms with Crippen molar-refractivity contribution >= 4 is 17.9 Å². The van der Waals surface area contributed by atoms with Gasteiger partial charge in [0.25, 0.3) is 0 Å². The molecule has 0 bridgehead atoms. The monoisotopic (exact) mass is 804 g/mol. The van der Waals surface area contributed by atoms with E-state index in [1.807, 2.05) is 0 Å². The number of hydrogen-bond acceptors (Lipinski definition) is 7. The Hall–Kier alpha value is -2.45. The molecule has 0 rings (SSSR count). The molecule has 0 spiro atoms. The molecule has 0 radical (unpaired) electrons. The van der Waals surface area contributed by atoms with Gasteiger partial charge >= 0.3 is 11.9 Å². The van der Waals surface area contributed by atoms with E-state index in [1.54, 1.807) is 21.1 Å². The van der Waals surface area contributed by atoms with E-state index in [0.29, 0.717) is 12.8 Å². The Morgan fingerprint density at radius 2 is 0.930 bits per heavy atom. The lowest BCUT2D eigenvalue weighted by Gasteiger charge is -2.34. The molecule has 332 valence electrons. The third-order valence-corrected chi connectivity index (χ3v) is 10.5. The van der Waals surface area contributed by atoms with Crippen molar-refractivity contribution in [3.05, 3.63) is 36.5 Å². The Morgan fingerprint density at radius 1 is 0.526 bits per heavy atom. The minimum absolute atomic E-state index is 0.0410. The van der Waals surface area contributed by atoms with Crippen LogP contribution in [0.3, 0.4) is 0 Å². The van der Waals surface area contributed by atoms with Crippen molar-refractivity contribution in [2.24, 2.45) is 0 Å². The molecule has 8 nitrogen and oxygen atoms in total. The summed E-state index contributed by atoms with van der Waals surface area (Å²) in [4.78, 5) is 36.9. The first kappa shape index (κ1) is 54.6. The summed E-state index contributed by atoms with van der Waals surface area (Å²) in [7, 11) is 5.41. The fourth-order valence-electron chi connectivity index (χ4n) is 6.84. The van der Waals surface area contributed by atoms with E-state index >= 15 is 0 Å². The van der Waals surface area contributed by atoms with E-state index < -0.39 is 18.1 Å². The zero-order valence-corrected chi connectivity index (χ0v) is 37.8. The van der Waals surface area contributed by atoms with Crippen molar-refractivity contribution in [1.29, 1.82) is 0 Å². The number of aliphatic carboxylic acids is 1. The molecule has 0 aromatic rings. The molecule has 0 aliphatic heterocycles. The molecule has 0 saturated carbocycles. The molecule has 0 heterocycles. The van der Waals surface area contributed by atoms with E-state index in [0.717, 1.165) is 57.8 Å². The smallest absolute Gasteiger partial charge is 0.306 e. The number of carbonyl (C=O) groups excluding carboxylic acids is 3. The number of carbonyl (C=O) groups is 3. The summed E-state index contributed by atoms with van der Waals surface area (Å²) in [5.41, 5.74) is 0. The van der Waals surface area contributed by atoms with Crippen molar-refractivity contribution < 1.29 is 38.2 Å². The molecular weight excluding hydrogens is 715 g/mol. The summed E-state index contributed by atoms with van der Waals surface area (Å²) in [5.74, 6) is -1.74. The van der Waals surface area contributed by atoms with Crippen LogP contribution in [0.5, 0.6) is 0 Å². The van der Waals surface area contributed by atoms with Crippen LogP contribution in [0.2, 0.25) is 0 Å². The molecule has 0 N–H and O–H groups in total. The first-order chi connectivity index (χ1) is 27.6. The van der Waals surface area contributed by atoms with Gasteiger partial charge in [0, 0.05) is 19.3 Å². The highest BCUT2D eigenvalue weighted by atomic mass is 16.6. The zero-order chi connectivity index (χ0) is 42.1. The predicted molar refractivity (Wildman–Crippen MR) is 236 cm³/mol. The van der Waals surface area contributed by atoms with Crippen LogP contribution in [0, 0.1) is 0 Å². The molecule has 0 saturated heterocycles. The second-order valence-corrected chi connectivity index (χ2v) is 17.0. The fourth-order valence-corrected chi connectivity index (χ4v) is 6.84. The normalized spacial score (nSPS) is 13.2. The SMILES string of the molecule is CCCCC/C=C/C/C=C/C/C=C/CCCCCCCCCCCC(=O)OC(COCCC(C(=O)[O-])[N+](C)(C)C)COC(=O)CCCCCCCCCCCCC. The average Bonchev–Trinajstić information content (AvgIpc) is 3.17. The van der Waals surface area contributed by atoms with Crippen LogP contribution in [0.25, 0.3) is 0 Å². The molecule has 0 aliphatic carbocycles. The summed E-state index contributed by atoms with van der Waals surface area (Å²) in [6.07, 6.45) is 45.9. The van der Waals surface area contributed by atoms with E-state index in [-0.39, 0.29) is 42.7 Å². The maximum atomic E-state index is 12.7. The van der Waals surface area contributed by atoms with Crippen molar-refractivity contribution in [2.75, 3.05) is 41.0 Å². The van der Waals surface area contributed by atoms with Crippen LogP contribution in [0.1, 0.15) is 206 Å². The molecule has 0 aromatic heterocycles. The van der Waals surface area contributed by atoms with Crippen molar-refractivity contribution in [3.8, 4) is 0 Å². The minimum Gasteiger partial charge on any atom is -0.544 e. The molecular formula is C49H89NO7. The van der Waals surface area contributed by atoms with Crippen LogP contribution < -0.4 is 5.11 Å². The molecule has 2 unspecified atom stereocenters. The van der Waals surface area contributed by atoms with Gasteiger partial charge in [0.1, 0.15) is 12.6 Å². The largest absolute Gasteiger partial charge is 0.544 e. The Labute approximate surface area is 351 Å². The molecule has 0 fully saturated rings. The number of allylic oxidation sites excluding steroid dienone is 6. The highest BCUT2D eigenvalue weighted by Gasteiger charge is 2.25. The van der Waals surface area contributed by atoms with Crippen LogP contribution in [0.15, 0.2) is 36.5 Å². The molecule has 0 amide bonds. The Balaban J connectivity index is 4.25. The fraction of sp³-hybridized carbons (Fsp3) is 0.816. The summed E-state index contributed by atoms with van der Waals surface area (Å²) in [5, 5.41) is 11.6. The average molecular weight is 804 g/mol. The number of carboxylic acids is 1. The lowest BCUT2D eigenvalue weighted by Crippen LogP contribution is -2.55. The second kappa shape index (κ2) is 40.3. The predicted octanol–water partition coefficient (Wildman–Crippen LogP) is 11.7.